The third-order valence-corrected chi connectivity index (χ3v) is 6.31. The standard InChI is InChI=1S/C24H24F2N2O4S/c1-30-18-9-5-16(6-10-18)14-21-22(29)28(17-7-11-19(12-8-17)32-23(25)26)24(27-21)33-15-20-4-2-3-13-31-20/h5-12,14,20,23H,2-4,13,15H2,1H3/b21-14-. The first kappa shape index (κ1) is 23.3. The van der Waals surface area contributed by atoms with E-state index in [4.69, 9.17) is 9.47 Å². The number of aliphatic imine (C=N–C) groups is 1. The zero-order chi connectivity index (χ0) is 23.2. The molecule has 1 atom stereocenters. The summed E-state index contributed by atoms with van der Waals surface area (Å²) in [5.41, 5.74) is 1.63. The van der Waals surface area contributed by atoms with E-state index in [1.807, 2.05) is 24.3 Å². The molecule has 0 radical (unpaired) electrons. The Morgan fingerprint density at radius 2 is 1.88 bits per heavy atom. The Hall–Kier alpha value is -2.91. The Morgan fingerprint density at radius 1 is 1.15 bits per heavy atom. The molecule has 2 aromatic rings. The number of amides is 1. The van der Waals surface area contributed by atoms with Crippen LogP contribution in [-0.2, 0) is 9.53 Å². The summed E-state index contributed by atoms with van der Waals surface area (Å²) in [5.74, 6) is 1.12. The van der Waals surface area contributed by atoms with Gasteiger partial charge >= 0.3 is 6.61 Å². The molecule has 4 rings (SSSR count). The number of methoxy groups -OCH3 is 1. The molecule has 0 saturated carbocycles. The molecule has 2 aliphatic rings. The fourth-order valence-electron chi connectivity index (χ4n) is 3.56. The number of hydrogen-bond acceptors (Lipinski definition) is 6. The minimum atomic E-state index is -2.91. The Morgan fingerprint density at radius 3 is 2.52 bits per heavy atom. The molecule has 33 heavy (non-hydrogen) atoms. The fraction of sp³-hybridized carbons (Fsp3) is 0.333. The first-order valence-corrected chi connectivity index (χ1v) is 11.6. The van der Waals surface area contributed by atoms with Crippen LogP contribution in [0.15, 0.2) is 59.2 Å². The SMILES string of the molecule is COc1ccc(/C=C2\N=C(SCC3CCCCO3)N(c3ccc(OC(F)F)cc3)C2=O)cc1. The quantitative estimate of drug-likeness (QED) is 0.507. The largest absolute Gasteiger partial charge is 0.497 e. The van der Waals surface area contributed by atoms with Gasteiger partial charge in [-0.25, -0.2) is 4.99 Å². The van der Waals surface area contributed by atoms with Crippen LogP contribution in [0, 0.1) is 0 Å². The fourth-order valence-corrected chi connectivity index (χ4v) is 4.64. The molecule has 0 aliphatic carbocycles. The van der Waals surface area contributed by atoms with E-state index in [0.717, 1.165) is 37.2 Å². The Bertz CT molecular complexity index is 1020. The lowest BCUT2D eigenvalue weighted by Gasteiger charge is -2.23. The van der Waals surface area contributed by atoms with Crippen LogP contribution in [0.3, 0.4) is 0 Å². The average molecular weight is 475 g/mol. The predicted octanol–water partition coefficient (Wildman–Crippen LogP) is 5.34. The summed E-state index contributed by atoms with van der Waals surface area (Å²) in [6.45, 7) is -2.17. The summed E-state index contributed by atoms with van der Waals surface area (Å²) in [7, 11) is 1.59. The number of halogens is 2. The number of anilines is 1. The highest BCUT2D eigenvalue weighted by molar-refractivity contribution is 8.14. The van der Waals surface area contributed by atoms with Crippen LogP contribution in [0.4, 0.5) is 14.5 Å². The molecule has 1 saturated heterocycles. The van der Waals surface area contributed by atoms with Gasteiger partial charge in [0.05, 0.1) is 18.9 Å². The number of ether oxygens (including phenoxy) is 3. The van der Waals surface area contributed by atoms with Crippen LogP contribution in [0.25, 0.3) is 6.08 Å². The third-order valence-electron chi connectivity index (χ3n) is 5.24. The van der Waals surface area contributed by atoms with Gasteiger partial charge in [-0.05, 0) is 67.3 Å². The molecule has 0 N–H and O–H groups in total. The molecule has 0 spiro atoms. The van der Waals surface area contributed by atoms with Gasteiger partial charge in [-0.1, -0.05) is 23.9 Å². The zero-order valence-electron chi connectivity index (χ0n) is 18.1. The van der Waals surface area contributed by atoms with Crippen LogP contribution < -0.4 is 14.4 Å². The molecular weight excluding hydrogens is 450 g/mol. The Kier molecular flexibility index (Phi) is 7.61. The number of thioether (sulfide) groups is 1. The molecule has 0 bridgehead atoms. The van der Waals surface area contributed by atoms with Crippen LogP contribution in [0.1, 0.15) is 24.8 Å². The summed E-state index contributed by atoms with van der Waals surface area (Å²) >= 11 is 1.45. The second kappa shape index (κ2) is 10.8. The first-order valence-electron chi connectivity index (χ1n) is 10.6. The number of carbonyl (C=O) groups excluding carboxylic acids is 1. The van der Waals surface area contributed by atoms with Crippen molar-refractivity contribution in [1.82, 2.24) is 0 Å². The van der Waals surface area contributed by atoms with Gasteiger partial charge in [0.2, 0.25) is 0 Å². The van der Waals surface area contributed by atoms with E-state index >= 15 is 0 Å². The number of amidine groups is 1. The number of carbonyl (C=O) groups is 1. The second-order valence-corrected chi connectivity index (χ2v) is 8.50. The normalized spacial score (nSPS) is 19.8. The van der Waals surface area contributed by atoms with Gasteiger partial charge in [0.15, 0.2) is 5.17 Å². The highest BCUT2D eigenvalue weighted by Gasteiger charge is 2.32. The second-order valence-electron chi connectivity index (χ2n) is 7.51. The molecule has 174 valence electrons. The number of rotatable bonds is 7. The van der Waals surface area contributed by atoms with Crippen molar-refractivity contribution in [2.24, 2.45) is 4.99 Å². The minimum Gasteiger partial charge on any atom is -0.497 e. The van der Waals surface area contributed by atoms with E-state index in [9.17, 15) is 13.6 Å². The molecule has 1 fully saturated rings. The summed E-state index contributed by atoms with van der Waals surface area (Å²) in [4.78, 5) is 19.4. The molecule has 1 amide bonds. The van der Waals surface area contributed by atoms with E-state index in [1.165, 1.54) is 28.8 Å². The number of benzene rings is 2. The van der Waals surface area contributed by atoms with Gasteiger partial charge in [-0.2, -0.15) is 8.78 Å². The number of nitrogens with zero attached hydrogens (tertiary/aromatic N) is 2. The van der Waals surface area contributed by atoms with Gasteiger partial charge in [0, 0.05) is 12.4 Å². The van der Waals surface area contributed by atoms with E-state index < -0.39 is 6.61 Å². The maximum Gasteiger partial charge on any atom is 0.387 e. The molecular formula is C24H24F2N2O4S. The first-order chi connectivity index (χ1) is 16.0. The minimum absolute atomic E-state index is 0.0242. The monoisotopic (exact) mass is 474 g/mol. The lowest BCUT2D eigenvalue weighted by atomic mass is 10.1. The maximum absolute atomic E-state index is 13.3. The van der Waals surface area contributed by atoms with Crippen molar-refractivity contribution in [2.75, 3.05) is 24.4 Å². The van der Waals surface area contributed by atoms with E-state index in [2.05, 4.69) is 9.73 Å². The van der Waals surface area contributed by atoms with Crippen molar-refractivity contribution in [3.05, 3.63) is 59.8 Å². The lowest BCUT2D eigenvalue weighted by Crippen LogP contribution is -2.31. The van der Waals surface area contributed by atoms with Crippen molar-refractivity contribution < 1.29 is 27.8 Å². The predicted molar refractivity (Wildman–Crippen MR) is 125 cm³/mol. The molecule has 6 nitrogen and oxygen atoms in total. The molecule has 1 unspecified atom stereocenters. The number of hydrogen-bond donors (Lipinski definition) is 0. The maximum atomic E-state index is 13.3. The zero-order valence-corrected chi connectivity index (χ0v) is 18.9. The van der Waals surface area contributed by atoms with Crippen molar-refractivity contribution >= 4 is 34.6 Å². The molecule has 2 heterocycles. The van der Waals surface area contributed by atoms with Crippen molar-refractivity contribution in [3.8, 4) is 11.5 Å². The van der Waals surface area contributed by atoms with Gasteiger partial charge in [0.1, 0.15) is 17.2 Å². The summed E-state index contributed by atoms with van der Waals surface area (Å²) in [6.07, 6.45) is 4.99. The molecule has 2 aliphatic heterocycles. The van der Waals surface area contributed by atoms with Crippen LogP contribution >= 0.6 is 11.8 Å². The van der Waals surface area contributed by atoms with Crippen molar-refractivity contribution in [2.45, 2.75) is 32.0 Å². The summed E-state index contributed by atoms with van der Waals surface area (Å²) in [5, 5.41) is 0.525. The van der Waals surface area contributed by atoms with Gasteiger partial charge < -0.3 is 14.2 Å². The van der Waals surface area contributed by atoms with E-state index in [0.29, 0.717) is 22.3 Å². The highest BCUT2D eigenvalue weighted by atomic mass is 32.2. The summed E-state index contributed by atoms with van der Waals surface area (Å²) < 4.78 is 40.4. The third kappa shape index (κ3) is 5.91. The van der Waals surface area contributed by atoms with Crippen LogP contribution in [0.2, 0.25) is 0 Å². The molecule has 0 aromatic heterocycles. The van der Waals surface area contributed by atoms with E-state index in [-0.39, 0.29) is 17.8 Å². The van der Waals surface area contributed by atoms with Gasteiger partial charge in [-0.3, -0.25) is 9.69 Å². The topological polar surface area (TPSA) is 60.4 Å². The van der Waals surface area contributed by atoms with Crippen molar-refractivity contribution in [1.29, 1.82) is 0 Å². The van der Waals surface area contributed by atoms with Gasteiger partial charge in [-0.15, -0.1) is 0 Å². The average Bonchev–Trinajstić information content (AvgIpc) is 3.14. The van der Waals surface area contributed by atoms with E-state index in [1.54, 1.807) is 25.3 Å². The number of alkyl halides is 2. The Balaban J connectivity index is 1.58. The molecule has 9 heteroatoms. The molecule has 2 aromatic carbocycles. The van der Waals surface area contributed by atoms with Gasteiger partial charge in [0.25, 0.3) is 5.91 Å². The Labute approximate surface area is 195 Å². The summed E-state index contributed by atoms with van der Waals surface area (Å²) in [6, 6.07) is 13.3. The van der Waals surface area contributed by atoms with Crippen LogP contribution in [0.5, 0.6) is 11.5 Å². The van der Waals surface area contributed by atoms with Crippen LogP contribution in [-0.4, -0.2) is 43.3 Å². The van der Waals surface area contributed by atoms with Crippen molar-refractivity contribution in [3.63, 3.8) is 0 Å². The smallest absolute Gasteiger partial charge is 0.387 e. The lowest BCUT2D eigenvalue weighted by molar-refractivity contribution is -0.113. The highest BCUT2D eigenvalue weighted by Crippen LogP contribution is 2.32.